The van der Waals surface area contributed by atoms with Gasteiger partial charge in [0.2, 0.25) is 0 Å². The van der Waals surface area contributed by atoms with E-state index in [4.69, 9.17) is 5.73 Å². The molecule has 0 spiro atoms. The zero-order valence-corrected chi connectivity index (χ0v) is 7.63. The van der Waals surface area contributed by atoms with Crippen LogP contribution in [0.15, 0.2) is 11.6 Å². The predicted molar refractivity (Wildman–Crippen MR) is 51.0 cm³/mol. The van der Waals surface area contributed by atoms with Crippen molar-refractivity contribution in [3.05, 3.63) is 11.6 Å². The smallest absolute Gasteiger partial charge is 0.0133 e. The van der Waals surface area contributed by atoms with Crippen LogP contribution in [0, 0.1) is 0 Å². The lowest BCUT2D eigenvalue weighted by Gasteiger charge is -2.31. The molecule has 2 heteroatoms. The van der Waals surface area contributed by atoms with Crippen LogP contribution in [-0.2, 0) is 0 Å². The monoisotopic (exact) mass is 166 g/mol. The number of nitrogens with zero attached hydrogens (tertiary/aromatic N) is 1. The maximum atomic E-state index is 5.51. The van der Waals surface area contributed by atoms with Gasteiger partial charge in [0.05, 0.1) is 0 Å². The fraction of sp³-hybridized carbons (Fsp3) is 0.800. The summed E-state index contributed by atoms with van der Waals surface area (Å²) in [6, 6.07) is 0.858. The minimum absolute atomic E-state index is 0.724. The van der Waals surface area contributed by atoms with E-state index in [1.54, 1.807) is 5.57 Å². The number of fused-ring (bicyclic) bond motifs is 1. The predicted octanol–water partition coefficient (Wildman–Crippen LogP) is 1.13. The standard InChI is InChI=1S/C10H18N2/c11-5-3-9-4-7-12-6-1-2-10(12)8-9/h3,10H,1-2,4-8,11H2/b9-3-. The SMILES string of the molecule is NC/C=C1/CCN2CCCC2C1. The lowest BCUT2D eigenvalue weighted by Crippen LogP contribution is -2.35. The van der Waals surface area contributed by atoms with Gasteiger partial charge in [0.25, 0.3) is 0 Å². The average molecular weight is 166 g/mol. The first kappa shape index (κ1) is 8.27. The molecule has 2 N–H and O–H groups in total. The molecule has 2 rings (SSSR count). The van der Waals surface area contributed by atoms with Crippen LogP contribution in [0.3, 0.4) is 0 Å². The molecule has 2 fully saturated rings. The number of hydrogen-bond donors (Lipinski definition) is 1. The second-order valence-electron chi connectivity index (χ2n) is 3.88. The van der Waals surface area contributed by atoms with Gasteiger partial charge in [-0.3, -0.25) is 4.90 Å². The molecule has 2 heterocycles. The van der Waals surface area contributed by atoms with E-state index in [2.05, 4.69) is 11.0 Å². The van der Waals surface area contributed by atoms with Crippen molar-refractivity contribution in [2.75, 3.05) is 19.6 Å². The van der Waals surface area contributed by atoms with Gasteiger partial charge in [-0.25, -0.2) is 0 Å². The highest BCUT2D eigenvalue weighted by Gasteiger charge is 2.28. The highest BCUT2D eigenvalue weighted by molar-refractivity contribution is 5.10. The van der Waals surface area contributed by atoms with Crippen LogP contribution in [0.2, 0.25) is 0 Å². The Hall–Kier alpha value is -0.340. The Kier molecular flexibility index (Phi) is 2.47. The van der Waals surface area contributed by atoms with E-state index in [-0.39, 0.29) is 0 Å². The zero-order valence-electron chi connectivity index (χ0n) is 7.63. The molecule has 1 atom stereocenters. The zero-order chi connectivity index (χ0) is 8.39. The largest absolute Gasteiger partial charge is 0.327 e. The fourth-order valence-corrected chi connectivity index (χ4v) is 2.46. The maximum absolute atomic E-state index is 5.51. The Balaban J connectivity index is 1.96. The van der Waals surface area contributed by atoms with Gasteiger partial charge in [-0.1, -0.05) is 11.6 Å². The summed E-state index contributed by atoms with van der Waals surface area (Å²) in [6.45, 7) is 3.33. The molecular formula is C10H18N2. The van der Waals surface area contributed by atoms with Crippen molar-refractivity contribution < 1.29 is 0 Å². The fourth-order valence-electron chi connectivity index (χ4n) is 2.46. The second kappa shape index (κ2) is 3.58. The molecule has 2 nitrogen and oxygen atoms in total. The number of piperidine rings is 1. The summed E-state index contributed by atoms with van der Waals surface area (Å²) in [4.78, 5) is 2.63. The maximum Gasteiger partial charge on any atom is 0.0133 e. The normalized spacial score (nSPS) is 34.1. The summed E-state index contributed by atoms with van der Waals surface area (Å²) < 4.78 is 0. The number of rotatable bonds is 1. The molecule has 2 aliphatic rings. The highest BCUT2D eigenvalue weighted by Crippen LogP contribution is 2.29. The third kappa shape index (κ3) is 1.54. The van der Waals surface area contributed by atoms with Crippen molar-refractivity contribution >= 4 is 0 Å². The molecule has 0 saturated carbocycles. The lowest BCUT2D eigenvalue weighted by atomic mass is 9.97. The van der Waals surface area contributed by atoms with E-state index < -0.39 is 0 Å². The van der Waals surface area contributed by atoms with Gasteiger partial charge in [0.1, 0.15) is 0 Å². The molecule has 0 aromatic carbocycles. The number of hydrogen-bond acceptors (Lipinski definition) is 2. The molecule has 12 heavy (non-hydrogen) atoms. The van der Waals surface area contributed by atoms with Crippen molar-refractivity contribution in [2.24, 2.45) is 5.73 Å². The van der Waals surface area contributed by atoms with Crippen molar-refractivity contribution in [3.8, 4) is 0 Å². The molecular weight excluding hydrogens is 148 g/mol. The molecule has 0 amide bonds. The quantitative estimate of drug-likeness (QED) is 0.592. The Bertz CT molecular complexity index is 186. The Labute approximate surface area is 74.4 Å². The van der Waals surface area contributed by atoms with Crippen LogP contribution in [0.5, 0.6) is 0 Å². The third-order valence-electron chi connectivity index (χ3n) is 3.12. The minimum atomic E-state index is 0.724. The van der Waals surface area contributed by atoms with Crippen molar-refractivity contribution in [3.63, 3.8) is 0 Å². The average Bonchev–Trinajstić information content (AvgIpc) is 2.51. The van der Waals surface area contributed by atoms with Crippen molar-refractivity contribution in [1.82, 2.24) is 4.90 Å². The summed E-state index contributed by atoms with van der Waals surface area (Å²) in [6.07, 6.45) is 7.57. The van der Waals surface area contributed by atoms with E-state index in [1.165, 1.54) is 38.8 Å². The van der Waals surface area contributed by atoms with Crippen LogP contribution in [0.1, 0.15) is 25.7 Å². The molecule has 0 bridgehead atoms. The van der Waals surface area contributed by atoms with Crippen LogP contribution in [0.4, 0.5) is 0 Å². The Morgan fingerprint density at radius 2 is 2.42 bits per heavy atom. The van der Waals surface area contributed by atoms with E-state index in [0.717, 1.165) is 12.6 Å². The van der Waals surface area contributed by atoms with Gasteiger partial charge in [0, 0.05) is 19.1 Å². The molecule has 0 aromatic heterocycles. The molecule has 0 radical (unpaired) electrons. The van der Waals surface area contributed by atoms with Gasteiger partial charge in [0.15, 0.2) is 0 Å². The first-order chi connectivity index (χ1) is 5.90. The molecule has 68 valence electrons. The minimum Gasteiger partial charge on any atom is -0.327 e. The summed E-state index contributed by atoms with van der Waals surface area (Å²) >= 11 is 0. The van der Waals surface area contributed by atoms with E-state index in [9.17, 15) is 0 Å². The molecule has 0 aliphatic carbocycles. The van der Waals surface area contributed by atoms with Gasteiger partial charge in [-0.05, 0) is 32.2 Å². The summed E-state index contributed by atoms with van der Waals surface area (Å²) in [5.74, 6) is 0. The molecule has 2 saturated heterocycles. The Morgan fingerprint density at radius 3 is 3.25 bits per heavy atom. The summed E-state index contributed by atoms with van der Waals surface area (Å²) in [5.41, 5.74) is 7.10. The summed E-state index contributed by atoms with van der Waals surface area (Å²) in [5, 5.41) is 0. The first-order valence-electron chi connectivity index (χ1n) is 5.02. The Morgan fingerprint density at radius 1 is 1.50 bits per heavy atom. The van der Waals surface area contributed by atoms with Crippen LogP contribution < -0.4 is 5.73 Å². The molecule has 0 aromatic rings. The van der Waals surface area contributed by atoms with E-state index in [1.807, 2.05) is 0 Å². The van der Waals surface area contributed by atoms with Crippen molar-refractivity contribution in [2.45, 2.75) is 31.7 Å². The highest BCUT2D eigenvalue weighted by atomic mass is 15.2. The topological polar surface area (TPSA) is 29.3 Å². The van der Waals surface area contributed by atoms with Crippen molar-refractivity contribution in [1.29, 1.82) is 0 Å². The first-order valence-corrected chi connectivity index (χ1v) is 5.02. The molecule has 2 aliphatic heterocycles. The van der Waals surface area contributed by atoms with Crippen LogP contribution >= 0.6 is 0 Å². The van der Waals surface area contributed by atoms with Gasteiger partial charge in [-0.2, -0.15) is 0 Å². The third-order valence-corrected chi connectivity index (χ3v) is 3.12. The van der Waals surface area contributed by atoms with Gasteiger partial charge >= 0.3 is 0 Å². The van der Waals surface area contributed by atoms with Gasteiger partial charge in [-0.15, -0.1) is 0 Å². The van der Waals surface area contributed by atoms with E-state index >= 15 is 0 Å². The second-order valence-corrected chi connectivity index (χ2v) is 3.88. The lowest BCUT2D eigenvalue weighted by molar-refractivity contribution is 0.228. The van der Waals surface area contributed by atoms with E-state index in [0.29, 0.717) is 0 Å². The van der Waals surface area contributed by atoms with Crippen LogP contribution in [0.25, 0.3) is 0 Å². The summed E-state index contributed by atoms with van der Waals surface area (Å²) in [7, 11) is 0. The van der Waals surface area contributed by atoms with Gasteiger partial charge < -0.3 is 5.73 Å². The molecule has 1 unspecified atom stereocenters. The number of nitrogens with two attached hydrogens (primary N) is 1. The van der Waals surface area contributed by atoms with Crippen LogP contribution in [-0.4, -0.2) is 30.6 Å².